The van der Waals surface area contributed by atoms with Gasteiger partial charge in [0.2, 0.25) is 11.9 Å². The van der Waals surface area contributed by atoms with E-state index in [0.29, 0.717) is 75.2 Å². The molecule has 1 unspecified atom stereocenters. The van der Waals surface area contributed by atoms with E-state index in [2.05, 4.69) is 20.1 Å². The number of halogens is 2. The largest absolute Gasteiger partial charge is 0.378 e. The minimum Gasteiger partial charge on any atom is -0.378 e. The van der Waals surface area contributed by atoms with Crippen LogP contribution in [0.5, 0.6) is 0 Å². The van der Waals surface area contributed by atoms with Gasteiger partial charge in [0, 0.05) is 51.9 Å². The van der Waals surface area contributed by atoms with E-state index in [4.69, 9.17) is 14.7 Å². The Morgan fingerprint density at radius 2 is 1.68 bits per heavy atom. The van der Waals surface area contributed by atoms with Gasteiger partial charge >= 0.3 is 0 Å². The normalized spacial score (nSPS) is 20.9. The molecule has 38 heavy (non-hydrogen) atoms. The van der Waals surface area contributed by atoms with Gasteiger partial charge in [0.1, 0.15) is 11.6 Å². The van der Waals surface area contributed by atoms with Crippen LogP contribution >= 0.6 is 0 Å². The first-order chi connectivity index (χ1) is 18.6. The number of amides is 1. The number of rotatable bonds is 5. The molecule has 1 aromatic carbocycles. The zero-order valence-electron chi connectivity index (χ0n) is 21.2. The van der Waals surface area contributed by atoms with E-state index in [1.54, 1.807) is 24.3 Å². The number of anilines is 2. The minimum atomic E-state index is -2.79. The van der Waals surface area contributed by atoms with E-state index in [1.807, 2.05) is 11.0 Å². The Balaban J connectivity index is 1.32. The van der Waals surface area contributed by atoms with Crippen molar-refractivity contribution in [3.63, 3.8) is 0 Å². The van der Waals surface area contributed by atoms with Crippen LogP contribution in [0.1, 0.15) is 25.1 Å². The van der Waals surface area contributed by atoms with Crippen molar-refractivity contribution in [3.05, 3.63) is 36.2 Å². The summed E-state index contributed by atoms with van der Waals surface area (Å²) in [7, 11) is 0. The third kappa shape index (κ3) is 4.90. The number of alkyl halides is 2. The quantitative estimate of drug-likeness (QED) is 0.542. The summed E-state index contributed by atoms with van der Waals surface area (Å²) in [6.07, 6.45) is -0.839. The van der Waals surface area contributed by atoms with Crippen molar-refractivity contribution in [3.8, 4) is 5.95 Å². The van der Waals surface area contributed by atoms with Crippen LogP contribution < -0.4 is 15.1 Å². The summed E-state index contributed by atoms with van der Waals surface area (Å²) < 4.78 is 35.1. The molecule has 0 spiro atoms. The lowest BCUT2D eigenvalue weighted by Gasteiger charge is -2.38. The number of aromatic nitrogens is 4. The molecule has 1 amide bonds. The first-order valence-corrected chi connectivity index (χ1v) is 13.3. The molecule has 0 saturated carbocycles. The van der Waals surface area contributed by atoms with Gasteiger partial charge in [-0.05, 0) is 31.5 Å². The Hall–Kier alpha value is -3.38. The molecule has 10 nitrogen and oxygen atoms in total. The van der Waals surface area contributed by atoms with Gasteiger partial charge in [-0.15, -0.1) is 0 Å². The summed E-state index contributed by atoms with van der Waals surface area (Å²) in [5.74, 6) is 1.35. The SMILES string of the molecule is O=C(C1CCCNC1)N1CCN(c2cc(N3CCOCC3)nc(-n3c(C(F)F)nc4ccccc43)n2)CC1. The third-order valence-corrected chi connectivity index (χ3v) is 7.57. The van der Waals surface area contributed by atoms with Gasteiger partial charge in [-0.25, -0.2) is 13.8 Å². The molecular formula is C26H32F2N8O2. The van der Waals surface area contributed by atoms with Gasteiger partial charge < -0.3 is 24.8 Å². The highest BCUT2D eigenvalue weighted by atomic mass is 19.3. The number of piperidine rings is 1. The number of fused-ring (bicyclic) bond motifs is 1. The van der Waals surface area contributed by atoms with E-state index in [1.165, 1.54) is 4.57 Å². The number of nitrogens with zero attached hydrogens (tertiary/aromatic N) is 7. The lowest BCUT2D eigenvalue weighted by molar-refractivity contribution is -0.136. The van der Waals surface area contributed by atoms with Gasteiger partial charge in [0.25, 0.3) is 6.43 Å². The van der Waals surface area contributed by atoms with E-state index < -0.39 is 6.43 Å². The third-order valence-electron chi connectivity index (χ3n) is 7.57. The monoisotopic (exact) mass is 526 g/mol. The Labute approximate surface area is 219 Å². The predicted octanol–water partition coefficient (Wildman–Crippen LogP) is 2.24. The molecule has 3 aromatic rings. The second-order valence-electron chi connectivity index (χ2n) is 9.93. The van der Waals surface area contributed by atoms with Crippen LogP contribution in [0.2, 0.25) is 0 Å². The average Bonchev–Trinajstić information content (AvgIpc) is 3.38. The molecule has 0 aliphatic carbocycles. The molecular weight excluding hydrogens is 494 g/mol. The molecule has 3 aliphatic rings. The summed E-state index contributed by atoms with van der Waals surface area (Å²) in [4.78, 5) is 32.9. The lowest BCUT2D eigenvalue weighted by atomic mass is 9.98. The molecule has 0 radical (unpaired) electrons. The van der Waals surface area contributed by atoms with Crippen molar-refractivity contribution in [1.82, 2.24) is 29.7 Å². The first-order valence-electron chi connectivity index (χ1n) is 13.3. The van der Waals surface area contributed by atoms with Crippen LogP contribution in [0.3, 0.4) is 0 Å². The Bertz CT molecular complexity index is 1280. The Morgan fingerprint density at radius 3 is 2.37 bits per heavy atom. The topological polar surface area (TPSA) is 91.7 Å². The number of ether oxygens (including phenoxy) is 1. The Morgan fingerprint density at radius 1 is 0.974 bits per heavy atom. The van der Waals surface area contributed by atoms with Crippen molar-refractivity contribution < 1.29 is 18.3 Å². The summed E-state index contributed by atoms with van der Waals surface area (Å²) in [5.41, 5.74) is 0.999. The maximum absolute atomic E-state index is 14.1. The zero-order chi connectivity index (χ0) is 26.1. The van der Waals surface area contributed by atoms with E-state index in [-0.39, 0.29) is 23.6 Å². The van der Waals surface area contributed by atoms with Crippen LogP contribution in [0, 0.1) is 5.92 Å². The fraction of sp³-hybridized carbons (Fsp3) is 0.538. The number of hydrogen-bond donors (Lipinski definition) is 1. The van der Waals surface area contributed by atoms with Crippen molar-refractivity contribution >= 4 is 28.6 Å². The fourth-order valence-electron chi connectivity index (χ4n) is 5.50. The highest BCUT2D eigenvalue weighted by Gasteiger charge is 2.30. The summed E-state index contributed by atoms with van der Waals surface area (Å²) in [5, 5.41) is 3.32. The molecule has 3 fully saturated rings. The molecule has 3 saturated heterocycles. The molecule has 6 rings (SSSR count). The minimum absolute atomic E-state index is 0.0381. The molecule has 12 heteroatoms. The average molecular weight is 527 g/mol. The van der Waals surface area contributed by atoms with Gasteiger partial charge in [0.15, 0.2) is 5.82 Å². The maximum atomic E-state index is 14.1. The summed E-state index contributed by atoms with van der Waals surface area (Å²) >= 11 is 0. The summed E-state index contributed by atoms with van der Waals surface area (Å²) in [6, 6.07) is 8.94. The molecule has 2 aromatic heterocycles. The zero-order valence-corrected chi connectivity index (χ0v) is 21.2. The van der Waals surface area contributed by atoms with Crippen molar-refractivity contribution in [2.75, 3.05) is 75.4 Å². The highest BCUT2D eigenvalue weighted by Crippen LogP contribution is 2.30. The number of para-hydroxylation sites is 2. The van der Waals surface area contributed by atoms with Gasteiger partial charge in [-0.1, -0.05) is 12.1 Å². The number of carbonyl (C=O) groups is 1. The number of carbonyl (C=O) groups excluding carboxylic acids is 1. The highest BCUT2D eigenvalue weighted by molar-refractivity contribution is 5.80. The van der Waals surface area contributed by atoms with E-state index >= 15 is 0 Å². The van der Waals surface area contributed by atoms with Crippen LogP contribution in [0.4, 0.5) is 20.4 Å². The van der Waals surface area contributed by atoms with E-state index in [0.717, 1.165) is 25.9 Å². The number of hydrogen-bond acceptors (Lipinski definition) is 8. The maximum Gasteiger partial charge on any atom is 0.296 e. The smallest absolute Gasteiger partial charge is 0.296 e. The lowest BCUT2D eigenvalue weighted by Crippen LogP contribution is -2.52. The van der Waals surface area contributed by atoms with Crippen LogP contribution in [-0.2, 0) is 9.53 Å². The van der Waals surface area contributed by atoms with Crippen molar-refractivity contribution in [2.24, 2.45) is 5.92 Å². The van der Waals surface area contributed by atoms with Gasteiger partial charge in [-0.3, -0.25) is 9.36 Å². The van der Waals surface area contributed by atoms with Crippen molar-refractivity contribution in [1.29, 1.82) is 0 Å². The number of imidazole rings is 1. The molecule has 1 N–H and O–H groups in total. The number of piperazine rings is 1. The van der Waals surface area contributed by atoms with Gasteiger partial charge in [-0.2, -0.15) is 9.97 Å². The number of nitrogens with one attached hydrogen (secondary N) is 1. The van der Waals surface area contributed by atoms with Crippen LogP contribution in [0.15, 0.2) is 30.3 Å². The van der Waals surface area contributed by atoms with Crippen LogP contribution in [0.25, 0.3) is 17.0 Å². The standard InChI is InChI=1S/C26H32F2N8O2/c27-23(28)24-30-19-5-1-2-6-20(19)36(24)26-31-21(16-22(32-26)34-12-14-38-15-13-34)33-8-10-35(11-9-33)25(37)18-4-3-7-29-17-18/h1-2,5-6,16,18,23,29H,3-4,7-15,17H2. The summed E-state index contributed by atoms with van der Waals surface area (Å²) in [6.45, 7) is 6.56. The molecule has 1 atom stereocenters. The van der Waals surface area contributed by atoms with E-state index in [9.17, 15) is 13.6 Å². The molecule has 3 aliphatic heterocycles. The second kappa shape index (κ2) is 10.8. The molecule has 5 heterocycles. The second-order valence-corrected chi connectivity index (χ2v) is 9.93. The van der Waals surface area contributed by atoms with Gasteiger partial charge in [0.05, 0.1) is 30.2 Å². The number of benzene rings is 1. The van der Waals surface area contributed by atoms with Crippen molar-refractivity contribution in [2.45, 2.75) is 19.3 Å². The number of morpholine rings is 1. The molecule has 0 bridgehead atoms. The first kappa shape index (κ1) is 24.9. The Kier molecular flexibility index (Phi) is 7.07. The predicted molar refractivity (Wildman–Crippen MR) is 139 cm³/mol. The van der Waals surface area contributed by atoms with Crippen LogP contribution in [-0.4, -0.2) is 95.9 Å². The molecule has 202 valence electrons. The fourth-order valence-corrected chi connectivity index (χ4v) is 5.50.